The molecule has 1 saturated heterocycles. The summed E-state index contributed by atoms with van der Waals surface area (Å²) in [5.74, 6) is 2.57. The van der Waals surface area contributed by atoms with Crippen molar-refractivity contribution in [3.05, 3.63) is 17.8 Å². The number of aryl methyl sites for hydroxylation is 1. The molecule has 156 valence electrons. The summed E-state index contributed by atoms with van der Waals surface area (Å²) in [5, 5.41) is 8.72. The van der Waals surface area contributed by atoms with Crippen molar-refractivity contribution in [1.29, 1.82) is 0 Å². The van der Waals surface area contributed by atoms with E-state index in [2.05, 4.69) is 21.4 Å². The molecular weight excluding hydrogens is 362 g/mol. The predicted octanol–water partition coefficient (Wildman–Crippen LogP) is 4.05. The largest absolute Gasteiger partial charge is 0.357 e. The number of carbonyl (C=O) groups is 1. The molecule has 5 rings (SSSR count). The number of anilines is 1. The number of carbonyl (C=O) groups excluding carboxylic acids is 1. The smallest absolute Gasteiger partial charge is 0.272 e. The number of amides is 1. The second-order valence-corrected chi connectivity index (χ2v) is 9.45. The highest BCUT2D eigenvalue weighted by Crippen LogP contribution is 2.39. The molecule has 29 heavy (non-hydrogen) atoms. The summed E-state index contributed by atoms with van der Waals surface area (Å²) >= 11 is 0. The van der Waals surface area contributed by atoms with E-state index in [1.807, 2.05) is 13.1 Å². The van der Waals surface area contributed by atoms with E-state index < -0.39 is 0 Å². The summed E-state index contributed by atoms with van der Waals surface area (Å²) in [6, 6.07) is 4.41. The molecule has 3 fully saturated rings. The van der Waals surface area contributed by atoms with Crippen molar-refractivity contribution in [3.8, 4) is 0 Å². The van der Waals surface area contributed by atoms with Gasteiger partial charge in [0, 0.05) is 26.2 Å². The first-order valence-electron chi connectivity index (χ1n) is 11.6. The zero-order valence-corrected chi connectivity index (χ0v) is 17.6. The molecule has 1 N–H and O–H groups in total. The fourth-order valence-corrected chi connectivity index (χ4v) is 5.87. The molecule has 2 saturated carbocycles. The van der Waals surface area contributed by atoms with Crippen LogP contribution in [0.1, 0.15) is 74.7 Å². The zero-order valence-electron chi connectivity index (χ0n) is 17.6. The van der Waals surface area contributed by atoms with Crippen LogP contribution >= 0.6 is 0 Å². The Labute approximate surface area is 173 Å². The topological polar surface area (TPSA) is 63.1 Å². The molecule has 6 heteroatoms. The molecule has 0 aromatic carbocycles. The predicted molar refractivity (Wildman–Crippen MR) is 115 cm³/mol. The van der Waals surface area contributed by atoms with Crippen molar-refractivity contribution < 1.29 is 4.79 Å². The van der Waals surface area contributed by atoms with Crippen LogP contribution in [-0.4, -0.2) is 39.8 Å². The Hall–Kier alpha value is -2.11. The molecule has 2 bridgehead atoms. The molecule has 3 heterocycles. The number of pyridine rings is 1. The maximum atomic E-state index is 13.1. The third-order valence-corrected chi connectivity index (χ3v) is 7.28. The van der Waals surface area contributed by atoms with Crippen molar-refractivity contribution in [3.63, 3.8) is 0 Å². The van der Waals surface area contributed by atoms with E-state index >= 15 is 0 Å². The average molecular weight is 396 g/mol. The van der Waals surface area contributed by atoms with Gasteiger partial charge < -0.3 is 10.2 Å². The van der Waals surface area contributed by atoms with Crippen LogP contribution in [0.5, 0.6) is 0 Å². The van der Waals surface area contributed by atoms with E-state index in [-0.39, 0.29) is 5.91 Å². The van der Waals surface area contributed by atoms with Crippen LogP contribution in [-0.2, 0) is 7.05 Å². The van der Waals surface area contributed by atoms with Crippen LogP contribution in [0.15, 0.2) is 12.1 Å². The molecule has 2 aromatic heterocycles. The Bertz CT molecular complexity index is 871. The number of hydrogen-bond donors (Lipinski definition) is 1. The standard InChI is InChI=1S/C23H33N5O/c1-27-22-19(9-10-20(25-22)28-11-4-2-3-5-12-28)21(26-27)23(29)24-18-14-16-7-6-8-17(13-16)15-18/h9-10,16-18H,2-8,11-15H2,1H3,(H,24,29). The van der Waals surface area contributed by atoms with E-state index in [0.29, 0.717) is 11.7 Å². The summed E-state index contributed by atoms with van der Waals surface area (Å²) in [6.45, 7) is 2.13. The quantitative estimate of drug-likeness (QED) is 0.852. The molecule has 2 aromatic rings. The van der Waals surface area contributed by atoms with Gasteiger partial charge in [-0.1, -0.05) is 32.1 Å². The van der Waals surface area contributed by atoms with Crippen molar-refractivity contribution in [1.82, 2.24) is 20.1 Å². The first-order valence-corrected chi connectivity index (χ1v) is 11.6. The summed E-state index contributed by atoms with van der Waals surface area (Å²) < 4.78 is 1.77. The molecule has 2 aliphatic carbocycles. The molecule has 6 nitrogen and oxygen atoms in total. The lowest BCUT2D eigenvalue weighted by Gasteiger charge is -2.39. The Morgan fingerprint density at radius 1 is 1.00 bits per heavy atom. The molecule has 0 spiro atoms. The van der Waals surface area contributed by atoms with Crippen molar-refractivity contribution in [2.75, 3.05) is 18.0 Å². The van der Waals surface area contributed by atoms with Gasteiger partial charge >= 0.3 is 0 Å². The van der Waals surface area contributed by atoms with E-state index in [4.69, 9.17) is 4.98 Å². The minimum Gasteiger partial charge on any atom is -0.357 e. The number of nitrogens with zero attached hydrogens (tertiary/aromatic N) is 4. The van der Waals surface area contributed by atoms with Gasteiger partial charge in [0.1, 0.15) is 5.82 Å². The van der Waals surface area contributed by atoms with Crippen LogP contribution in [0.25, 0.3) is 11.0 Å². The van der Waals surface area contributed by atoms with Crippen LogP contribution in [0, 0.1) is 11.8 Å². The van der Waals surface area contributed by atoms with Crippen molar-refractivity contribution in [2.24, 2.45) is 18.9 Å². The summed E-state index contributed by atoms with van der Waals surface area (Å²) in [5.41, 5.74) is 1.32. The summed E-state index contributed by atoms with van der Waals surface area (Å²) in [4.78, 5) is 20.3. The third kappa shape index (κ3) is 3.86. The van der Waals surface area contributed by atoms with Crippen molar-refractivity contribution >= 4 is 22.8 Å². The fraction of sp³-hybridized carbons (Fsp3) is 0.696. The lowest BCUT2D eigenvalue weighted by molar-refractivity contribution is 0.0876. The van der Waals surface area contributed by atoms with E-state index in [0.717, 1.165) is 54.6 Å². The van der Waals surface area contributed by atoms with Gasteiger partial charge in [0.05, 0.1) is 5.39 Å². The lowest BCUT2D eigenvalue weighted by atomic mass is 9.70. The highest BCUT2D eigenvalue weighted by Gasteiger charge is 2.33. The van der Waals surface area contributed by atoms with Gasteiger partial charge in [0.2, 0.25) is 0 Å². The molecule has 0 radical (unpaired) electrons. The minimum absolute atomic E-state index is 0.0371. The first kappa shape index (κ1) is 18.9. The van der Waals surface area contributed by atoms with Crippen LogP contribution < -0.4 is 10.2 Å². The first-order chi connectivity index (χ1) is 14.2. The van der Waals surface area contributed by atoms with Crippen LogP contribution in [0.4, 0.5) is 5.82 Å². The Balaban J connectivity index is 1.35. The molecule has 2 atom stereocenters. The molecule has 1 amide bonds. The van der Waals surface area contributed by atoms with E-state index in [1.54, 1.807) is 4.68 Å². The molecule has 3 aliphatic rings. The number of hydrogen-bond acceptors (Lipinski definition) is 4. The summed E-state index contributed by atoms with van der Waals surface area (Å²) in [6.07, 6.45) is 12.7. The molecule has 2 unspecified atom stereocenters. The normalized spacial score (nSPS) is 27.6. The Morgan fingerprint density at radius 2 is 1.72 bits per heavy atom. The highest BCUT2D eigenvalue weighted by atomic mass is 16.2. The zero-order chi connectivity index (χ0) is 19.8. The lowest BCUT2D eigenvalue weighted by Crippen LogP contribution is -2.42. The third-order valence-electron chi connectivity index (χ3n) is 7.28. The van der Waals surface area contributed by atoms with Gasteiger partial charge in [-0.2, -0.15) is 5.10 Å². The number of aromatic nitrogens is 3. The number of nitrogens with one attached hydrogen (secondary N) is 1. The highest BCUT2D eigenvalue weighted by molar-refractivity contribution is 6.04. The Kier molecular flexibility index (Phi) is 5.18. The van der Waals surface area contributed by atoms with Crippen LogP contribution in [0.2, 0.25) is 0 Å². The van der Waals surface area contributed by atoms with Crippen LogP contribution in [0.3, 0.4) is 0 Å². The van der Waals surface area contributed by atoms with Gasteiger partial charge in [-0.25, -0.2) is 9.67 Å². The molecular formula is C23H33N5O. The second kappa shape index (κ2) is 7.96. The van der Waals surface area contributed by atoms with Crippen molar-refractivity contribution in [2.45, 2.75) is 70.3 Å². The van der Waals surface area contributed by atoms with Gasteiger partial charge in [-0.15, -0.1) is 0 Å². The molecule has 1 aliphatic heterocycles. The minimum atomic E-state index is -0.0371. The van der Waals surface area contributed by atoms with Gasteiger partial charge in [-0.3, -0.25) is 4.79 Å². The van der Waals surface area contributed by atoms with Gasteiger partial charge in [-0.05, 0) is 56.1 Å². The van der Waals surface area contributed by atoms with E-state index in [1.165, 1.54) is 51.4 Å². The summed E-state index contributed by atoms with van der Waals surface area (Å²) in [7, 11) is 1.89. The monoisotopic (exact) mass is 395 g/mol. The maximum absolute atomic E-state index is 13.1. The number of fused-ring (bicyclic) bond motifs is 3. The maximum Gasteiger partial charge on any atom is 0.272 e. The van der Waals surface area contributed by atoms with Gasteiger partial charge in [0.15, 0.2) is 11.3 Å². The van der Waals surface area contributed by atoms with E-state index in [9.17, 15) is 4.79 Å². The average Bonchev–Trinajstić information content (AvgIpc) is 2.89. The SMILES string of the molecule is Cn1nc(C(=O)NC2CC3CCCC(C3)C2)c2ccc(N3CCCCCC3)nc21. The number of rotatable bonds is 3. The Morgan fingerprint density at radius 3 is 2.45 bits per heavy atom. The van der Waals surface area contributed by atoms with Gasteiger partial charge in [0.25, 0.3) is 5.91 Å². The fourth-order valence-electron chi connectivity index (χ4n) is 5.87. The second-order valence-electron chi connectivity index (χ2n) is 9.45.